The van der Waals surface area contributed by atoms with Gasteiger partial charge in [0.25, 0.3) is 0 Å². The lowest BCUT2D eigenvalue weighted by Crippen LogP contribution is -2.05. The highest BCUT2D eigenvalue weighted by molar-refractivity contribution is 8.13. The van der Waals surface area contributed by atoms with Gasteiger partial charge in [0.05, 0.1) is 5.69 Å². The van der Waals surface area contributed by atoms with E-state index in [4.69, 9.17) is 5.73 Å². The van der Waals surface area contributed by atoms with Crippen molar-refractivity contribution < 1.29 is 0 Å². The molecule has 0 spiro atoms. The summed E-state index contributed by atoms with van der Waals surface area (Å²) < 4.78 is 0. The largest absolute Gasteiger partial charge is 0.378 e. The third-order valence-corrected chi connectivity index (χ3v) is 2.25. The second kappa shape index (κ2) is 9.78. The predicted octanol–water partition coefficient (Wildman–Crippen LogP) is 2.56. The minimum atomic E-state index is 0. The number of aliphatic imine (C=N–C) groups is 1. The summed E-state index contributed by atoms with van der Waals surface area (Å²) in [4.78, 5) is 4.25. The van der Waals surface area contributed by atoms with E-state index in [-0.39, 0.29) is 24.8 Å². The topological polar surface area (TPSA) is 50.4 Å². The van der Waals surface area contributed by atoms with Crippen LogP contribution < -0.4 is 11.1 Å². The molecule has 0 amide bonds. The fourth-order valence-corrected chi connectivity index (χ4v) is 1.31. The summed E-state index contributed by atoms with van der Waals surface area (Å²) in [6, 6.07) is 8.02. The van der Waals surface area contributed by atoms with E-state index in [1.807, 2.05) is 31.5 Å². The van der Waals surface area contributed by atoms with E-state index in [2.05, 4.69) is 16.4 Å². The Labute approximate surface area is 113 Å². The van der Waals surface area contributed by atoms with Crippen LogP contribution in [0.25, 0.3) is 0 Å². The van der Waals surface area contributed by atoms with E-state index in [1.165, 1.54) is 17.3 Å². The molecular weight excluding hydrogens is 265 g/mol. The number of nitrogens with zero attached hydrogens (tertiary/aromatic N) is 1. The van der Waals surface area contributed by atoms with Gasteiger partial charge in [0.15, 0.2) is 5.17 Å². The number of rotatable bonds is 3. The van der Waals surface area contributed by atoms with Crippen molar-refractivity contribution in [3.8, 4) is 0 Å². The molecule has 0 atom stereocenters. The van der Waals surface area contributed by atoms with Crippen molar-refractivity contribution in [3.63, 3.8) is 0 Å². The van der Waals surface area contributed by atoms with Crippen LogP contribution in [0.3, 0.4) is 0 Å². The molecule has 1 aromatic carbocycles. The van der Waals surface area contributed by atoms with Gasteiger partial charge in [0, 0.05) is 6.54 Å². The average molecular weight is 282 g/mol. The number of nitrogens with one attached hydrogen (secondary N) is 1. The SMILES string of the molecule is CNCc1cccc(N=C(N)SC)c1.Cl.Cl. The molecular formula is C10H17Cl2N3S. The molecule has 0 fully saturated rings. The van der Waals surface area contributed by atoms with E-state index < -0.39 is 0 Å². The third-order valence-electron chi connectivity index (χ3n) is 1.74. The molecule has 0 radical (unpaired) electrons. The Kier molecular flexibility index (Phi) is 11.0. The number of hydrogen-bond donors (Lipinski definition) is 2. The zero-order valence-corrected chi connectivity index (χ0v) is 11.7. The molecule has 0 unspecified atom stereocenters. The highest BCUT2D eigenvalue weighted by Crippen LogP contribution is 2.15. The summed E-state index contributed by atoms with van der Waals surface area (Å²) >= 11 is 1.45. The van der Waals surface area contributed by atoms with Crippen LogP contribution in [0.1, 0.15) is 5.56 Å². The lowest BCUT2D eigenvalue weighted by molar-refractivity contribution is 0.818. The summed E-state index contributed by atoms with van der Waals surface area (Å²) in [6.45, 7) is 0.850. The Morgan fingerprint density at radius 3 is 2.69 bits per heavy atom. The number of amidine groups is 1. The van der Waals surface area contributed by atoms with Crippen molar-refractivity contribution >= 4 is 47.4 Å². The maximum absolute atomic E-state index is 5.63. The molecule has 0 aliphatic carbocycles. The van der Waals surface area contributed by atoms with Gasteiger partial charge in [-0.05, 0) is 31.0 Å². The molecule has 0 aromatic heterocycles. The highest BCUT2D eigenvalue weighted by Gasteiger charge is 1.94. The maximum atomic E-state index is 5.63. The Morgan fingerprint density at radius 1 is 1.44 bits per heavy atom. The number of nitrogens with two attached hydrogens (primary N) is 1. The molecule has 6 heteroatoms. The molecule has 0 saturated heterocycles. The van der Waals surface area contributed by atoms with Crippen molar-refractivity contribution in [2.45, 2.75) is 6.54 Å². The van der Waals surface area contributed by atoms with Gasteiger partial charge < -0.3 is 11.1 Å². The maximum Gasteiger partial charge on any atom is 0.158 e. The Balaban J connectivity index is 0. The van der Waals surface area contributed by atoms with Crippen molar-refractivity contribution in [2.75, 3.05) is 13.3 Å². The van der Waals surface area contributed by atoms with Crippen molar-refractivity contribution in [2.24, 2.45) is 10.7 Å². The quantitative estimate of drug-likeness (QED) is 0.661. The zero-order chi connectivity index (χ0) is 10.4. The summed E-state index contributed by atoms with van der Waals surface area (Å²) in [6.07, 6.45) is 1.91. The van der Waals surface area contributed by atoms with Crippen LogP contribution in [0, 0.1) is 0 Å². The molecule has 1 aromatic rings. The van der Waals surface area contributed by atoms with E-state index in [1.54, 1.807) is 0 Å². The number of halogens is 2. The second-order valence-electron chi connectivity index (χ2n) is 2.85. The average Bonchev–Trinajstić information content (AvgIpc) is 2.19. The standard InChI is InChI=1S/C10H15N3S.2ClH/c1-12-7-8-4-3-5-9(6-8)13-10(11)14-2;;/h3-6,12H,7H2,1-2H3,(H2,11,13);2*1H. The smallest absolute Gasteiger partial charge is 0.158 e. The van der Waals surface area contributed by atoms with Crippen LogP contribution in [0.4, 0.5) is 5.69 Å². The van der Waals surface area contributed by atoms with Crippen molar-refractivity contribution in [1.82, 2.24) is 5.32 Å². The third kappa shape index (κ3) is 6.23. The summed E-state index contributed by atoms with van der Waals surface area (Å²) in [5.74, 6) is 0. The molecule has 92 valence electrons. The van der Waals surface area contributed by atoms with E-state index in [0.717, 1.165) is 12.2 Å². The van der Waals surface area contributed by atoms with Crippen LogP contribution in [0.5, 0.6) is 0 Å². The second-order valence-corrected chi connectivity index (χ2v) is 3.68. The summed E-state index contributed by atoms with van der Waals surface area (Å²) in [7, 11) is 1.92. The number of hydrogen-bond acceptors (Lipinski definition) is 3. The fourth-order valence-electron chi connectivity index (χ4n) is 1.11. The molecule has 3 nitrogen and oxygen atoms in total. The van der Waals surface area contributed by atoms with Gasteiger partial charge in [-0.25, -0.2) is 4.99 Å². The molecule has 16 heavy (non-hydrogen) atoms. The van der Waals surface area contributed by atoms with Crippen LogP contribution >= 0.6 is 36.6 Å². The number of benzene rings is 1. The molecule has 0 bridgehead atoms. The van der Waals surface area contributed by atoms with Crippen molar-refractivity contribution in [3.05, 3.63) is 29.8 Å². The minimum Gasteiger partial charge on any atom is -0.378 e. The van der Waals surface area contributed by atoms with Gasteiger partial charge in [-0.3, -0.25) is 0 Å². The van der Waals surface area contributed by atoms with Gasteiger partial charge >= 0.3 is 0 Å². The lowest BCUT2D eigenvalue weighted by Gasteiger charge is -2.01. The fraction of sp³-hybridized carbons (Fsp3) is 0.300. The van der Waals surface area contributed by atoms with Crippen LogP contribution in [0.15, 0.2) is 29.3 Å². The normalized spacial score (nSPS) is 10.2. The first-order chi connectivity index (χ1) is 6.76. The van der Waals surface area contributed by atoms with Gasteiger partial charge in [0.2, 0.25) is 0 Å². The van der Waals surface area contributed by atoms with Crippen LogP contribution in [-0.2, 0) is 6.54 Å². The van der Waals surface area contributed by atoms with Gasteiger partial charge in [0.1, 0.15) is 0 Å². The first-order valence-corrected chi connectivity index (χ1v) is 5.60. The van der Waals surface area contributed by atoms with Crippen LogP contribution in [0.2, 0.25) is 0 Å². The first-order valence-electron chi connectivity index (χ1n) is 4.38. The summed E-state index contributed by atoms with van der Waals surface area (Å²) in [5.41, 5.74) is 7.74. The van der Waals surface area contributed by atoms with E-state index in [0.29, 0.717) is 5.17 Å². The van der Waals surface area contributed by atoms with Gasteiger partial charge in [-0.2, -0.15) is 0 Å². The van der Waals surface area contributed by atoms with Crippen molar-refractivity contribution in [1.29, 1.82) is 0 Å². The molecule has 0 saturated carbocycles. The highest BCUT2D eigenvalue weighted by atomic mass is 35.5. The monoisotopic (exact) mass is 281 g/mol. The van der Waals surface area contributed by atoms with E-state index in [9.17, 15) is 0 Å². The first kappa shape index (κ1) is 18.0. The van der Waals surface area contributed by atoms with Gasteiger partial charge in [-0.1, -0.05) is 23.9 Å². The molecule has 1 rings (SSSR count). The van der Waals surface area contributed by atoms with Gasteiger partial charge in [-0.15, -0.1) is 24.8 Å². The Bertz CT molecular complexity index is 332. The van der Waals surface area contributed by atoms with E-state index >= 15 is 0 Å². The molecule has 0 heterocycles. The molecule has 0 aliphatic rings. The zero-order valence-electron chi connectivity index (χ0n) is 9.27. The summed E-state index contributed by atoms with van der Waals surface area (Å²) in [5, 5.41) is 3.68. The molecule has 3 N–H and O–H groups in total. The predicted molar refractivity (Wildman–Crippen MR) is 78.5 cm³/mol. The lowest BCUT2D eigenvalue weighted by atomic mass is 10.2. The number of thioether (sulfide) groups is 1. The Hall–Kier alpha value is -0.420. The Morgan fingerprint density at radius 2 is 2.12 bits per heavy atom. The van der Waals surface area contributed by atoms with Crippen LogP contribution in [-0.4, -0.2) is 18.5 Å². The minimum absolute atomic E-state index is 0. The molecule has 0 aliphatic heterocycles.